The van der Waals surface area contributed by atoms with E-state index in [0.29, 0.717) is 42.4 Å². The van der Waals surface area contributed by atoms with Crippen molar-refractivity contribution >= 4 is 33.1 Å². The number of nitrogens with zero attached hydrogens (tertiary/aromatic N) is 4. The minimum atomic E-state index is -3.63. The van der Waals surface area contributed by atoms with Crippen LogP contribution in [0.15, 0.2) is 44.6 Å². The average Bonchev–Trinajstić information content (AvgIpc) is 3.44. The van der Waals surface area contributed by atoms with Crippen molar-refractivity contribution in [2.24, 2.45) is 5.92 Å². The summed E-state index contributed by atoms with van der Waals surface area (Å²) in [7, 11) is -3.63. The molecule has 4 rings (SSSR count). The van der Waals surface area contributed by atoms with Crippen molar-refractivity contribution in [3.63, 3.8) is 0 Å². The van der Waals surface area contributed by atoms with E-state index >= 15 is 0 Å². The van der Waals surface area contributed by atoms with Crippen molar-refractivity contribution < 1.29 is 17.7 Å². The number of aromatic nitrogens is 3. The molecule has 30 heavy (non-hydrogen) atoms. The van der Waals surface area contributed by atoms with Crippen molar-refractivity contribution in [1.82, 2.24) is 19.4 Å². The molecule has 0 spiro atoms. The van der Waals surface area contributed by atoms with Gasteiger partial charge in [-0.3, -0.25) is 4.79 Å². The van der Waals surface area contributed by atoms with E-state index in [1.165, 1.54) is 4.31 Å². The van der Waals surface area contributed by atoms with Gasteiger partial charge in [0.15, 0.2) is 0 Å². The molecule has 4 heterocycles. The fourth-order valence-electron chi connectivity index (χ4n) is 3.24. The van der Waals surface area contributed by atoms with E-state index in [1.807, 2.05) is 6.92 Å². The Morgan fingerprint density at radius 3 is 2.80 bits per heavy atom. The van der Waals surface area contributed by atoms with Crippen molar-refractivity contribution in [2.45, 2.75) is 30.4 Å². The average molecular weight is 448 g/mol. The number of pyridine rings is 1. The van der Waals surface area contributed by atoms with E-state index in [4.69, 9.17) is 4.52 Å². The molecule has 1 fully saturated rings. The van der Waals surface area contributed by atoms with Crippen LogP contribution in [0.4, 0.5) is 5.82 Å². The number of rotatable bonds is 6. The largest absolute Gasteiger partial charge is 0.339 e. The number of sulfonamides is 1. The van der Waals surface area contributed by atoms with Gasteiger partial charge < -0.3 is 9.84 Å². The minimum absolute atomic E-state index is 0.131. The van der Waals surface area contributed by atoms with Gasteiger partial charge in [-0.1, -0.05) is 18.1 Å². The summed E-state index contributed by atoms with van der Waals surface area (Å²) < 4.78 is 32.8. The summed E-state index contributed by atoms with van der Waals surface area (Å²) in [5, 5.41) is 8.39. The van der Waals surface area contributed by atoms with E-state index in [-0.39, 0.29) is 29.1 Å². The summed E-state index contributed by atoms with van der Waals surface area (Å²) in [6.45, 7) is 2.48. The van der Waals surface area contributed by atoms with Crippen LogP contribution in [0.2, 0.25) is 0 Å². The topological polar surface area (TPSA) is 118 Å². The third-order valence-corrected chi connectivity index (χ3v) is 8.25. The molecular weight excluding hydrogens is 426 g/mol. The van der Waals surface area contributed by atoms with Crippen LogP contribution < -0.4 is 5.32 Å². The van der Waals surface area contributed by atoms with Crippen LogP contribution in [-0.2, 0) is 21.2 Å². The summed E-state index contributed by atoms with van der Waals surface area (Å²) >= 11 is 1.13. The van der Waals surface area contributed by atoms with Gasteiger partial charge in [-0.25, -0.2) is 13.4 Å². The molecule has 9 nitrogen and oxygen atoms in total. The van der Waals surface area contributed by atoms with Crippen LogP contribution in [0.3, 0.4) is 0 Å². The third kappa shape index (κ3) is 4.27. The fraction of sp³-hybridized carbons (Fsp3) is 0.368. The van der Waals surface area contributed by atoms with Gasteiger partial charge >= 0.3 is 0 Å². The highest BCUT2D eigenvalue weighted by Crippen LogP contribution is 2.31. The summed E-state index contributed by atoms with van der Waals surface area (Å²) in [6.07, 6.45) is 3.14. The highest BCUT2D eigenvalue weighted by molar-refractivity contribution is 7.91. The van der Waals surface area contributed by atoms with Gasteiger partial charge in [-0.05, 0) is 31.0 Å². The van der Waals surface area contributed by atoms with Gasteiger partial charge in [-0.15, -0.1) is 11.3 Å². The van der Waals surface area contributed by atoms with E-state index in [0.717, 1.165) is 11.3 Å². The molecule has 11 heteroatoms. The lowest BCUT2D eigenvalue weighted by Gasteiger charge is -2.30. The Hall–Kier alpha value is -2.63. The molecule has 0 aliphatic carbocycles. The highest BCUT2D eigenvalue weighted by atomic mass is 32.2. The Kier molecular flexibility index (Phi) is 5.93. The zero-order valence-electron chi connectivity index (χ0n) is 16.3. The Morgan fingerprint density at radius 2 is 2.13 bits per heavy atom. The first-order valence-electron chi connectivity index (χ1n) is 9.61. The smallest absolute Gasteiger partial charge is 0.252 e. The second-order valence-corrected chi connectivity index (χ2v) is 9.98. The lowest BCUT2D eigenvalue weighted by molar-refractivity contribution is -0.120. The molecule has 0 atom stereocenters. The Morgan fingerprint density at radius 1 is 1.33 bits per heavy atom. The lowest BCUT2D eigenvalue weighted by atomic mass is 9.97. The Balaban J connectivity index is 1.40. The van der Waals surface area contributed by atoms with Crippen LogP contribution in [0.5, 0.6) is 0 Å². The van der Waals surface area contributed by atoms with Crippen LogP contribution in [-0.4, -0.2) is 46.8 Å². The zero-order chi connectivity index (χ0) is 21.1. The monoisotopic (exact) mass is 447 g/mol. The van der Waals surface area contributed by atoms with Gasteiger partial charge in [0.05, 0.1) is 0 Å². The zero-order valence-corrected chi connectivity index (χ0v) is 17.9. The number of piperidine rings is 1. The molecule has 0 radical (unpaired) electrons. The van der Waals surface area contributed by atoms with Gasteiger partial charge in [-0.2, -0.15) is 9.29 Å². The molecule has 0 unspecified atom stereocenters. The molecule has 3 aromatic heterocycles. The molecule has 1 aliphatic rings. The van der Waals surface area contributed by atoms with E-state index in [2.05, 4.69) is 20.4 Å². The number of aryl methyl sites for hydroxylation is 1. The number of carbonyl (C=O) groups excluding carboxylic acids is 1. The Bertz CT molecular complexity index is 1120. The first-order valence-corrected chi connectivity index (χ1v) is 11.9. The molecule has 158 valence electrons. The van der Waals surface area contributed by atoms with Crippen LogP contribution in [0.1, 0.15) is 25.7 Å². The number of anilines is 1. The molecule has 1 saturated heterocycles. The first kappa shape index (κ1) is 20.6. The molecule has 0 saturated carbocycles. The predicted octanol–water partition coefficient (Wildman–Crippen LogP) is 2.79. The maximum atomic E-state index is 13.0. The maximum absolute atomic E-state index is 13.0. The van der Waals surface area contributed by atoms with Crippen LogP contribution in [0.25, 0.3) is 11.4 Å². The molecule has 1 amide bonds. The van der Waals surface area contributed by atoms with Gasteiger partial charge in [0.25, 0.3) is 10.0 Å². The van der Waals surface area contributed by atoms with E-state index < -0.39 is 10.0 Å². The normalized spacial score (nSPS) is 15.9. The first-order chi connectivity index (χ1) is 14.5. The van der Waals surface area contributed by atoms with Crippen LogP contribution in [0, 0.1) is 5.92 Å². The summed E-state index contributed by atoms with van der Waals surface area (Å²) in [5.41, 5.74) is 0.617. The van der Waals surface area contributed by atoms with Gasteiger partial charge in [0, 0.05) is 42.6 Å². The number of carbonyl (C=O) groups is 1. The Labute approximate surface area is 178 Å². The van der Waals surface area contributed by atoms with Crippen molar-refractivity contribution in [1.29, 1.82) is 0 Å². The predicted molar refractivity (Wildman–Crippen MR) is 111 cm³/mol. The summed E-state index contributed by atoms with van der Waals surface area (Å²) in [5.74, 6) is 1.01. The second kappa shape index (κ2) is 8.62. The lowest BCUT2D eigenvalue weighted by Crippen LogP contribution is -2.41. The number of nitrogens with one attached hydrogen (secondary N) is 1. The molecular formula is C19H21N5O4S2. The summed E-state index contributed by atoms with van der Waals surface area (Å²) in [6, 6.07) is 6.87. The highest BCUT2D eigenvalue weighted by Gasteiger charge is 2.33. The molecule has 0 bridgehead atoms. The van der Waals surface area contributed by atoms with E-state index in [9.17, 15) is 13.2 Å². The second-order valence-electron chi connectivity index (χ2n) is 6.90. The minimum Gasteiger partial charge on any atom is -0.339 e. The molecule has 0 aromatic carbocycles. The van der Waals surface area contributed by atoms with E-state index in [1.54, 1.807) is 35.8 Å². The number of hydrogen-bond donors (Lipinski definition) is 1. The van der Waals surface area contributed by atoms with Crippen molar-refractivity contribution in [3.05, 3.63) is 41.7 Å². The SMILES string of the molecule is CCc1nc(-c2csc(S(=O)(=O)N3CCC(C(=O)Nc4ccccn4)CC3)c2)no1. The quantitative estimate of drug-likeness (QED) is 0.617. The standard InChI is InChI=1S/C19H21N5O4S2/c1-2-16-22-18(23-28-16)14-11-17(29-12-14)30(26,27)24-9-6-13(7-10-24)19(25)21-15-5-3-4-8-20-15/h3-5,8,11-13H,2,6-7,9-10H2,1H3,(H,20,21,25). The third-order valence-electron chi connectivity index (χ3n) is 4.94. The number of hydrogen-bond acceptors (Lipinski definition) is 8. The number of amides is 1. The molecule has 1 aliphatic heterocycles. The summed E-state index contributed by atoms with van der Waals surface area (Å²) in [4.78, 5) is 20.8. The van der Waals surface area contributed by atoms with Crippen molar-refractivity contribution in [3.8, 4) is 11.4 Å². The molecule has 3 aromatic rings. The van der Waals surface area contributed by atoms with Gasteiger partial charge in [0.2, 0.25) is 17.6 Å². The molecule has 1 N–H and O–H groups in total. The van der Waals surface area contributed by atoms with Crippen LogP contribution >= 0.6 is 11.3 Å². The maximum Gasteiger partial charge on any atom is 0.252 e. The van der Waals surface area contributed by atoms with Crippen molar-refractivity contribution in [2.75, 3.05) is 18.4 Å². The fourth-order valence-corrected chi connectivity index (χ4v) is 6.02. The van der Waals surface area contributed by atoms with Gasteiger partial charge in [0.1, 0.15) is 10.0 Å². The number of thiophene rings is 1.